The quantitative estimate of drug-likeness (QED) is 0.102. The average Bonchev–Trinajstić information content (AvgIpc) is 2.80. The minimum absolute atomic E-state index is 0.248. The second-order valence-corrected chi connectivity index (χ2v) is 11.1. The topological polar surface area (TPSA) is 52.6 Å². The van der Waals surface area contributed by atoms with Crippen molar-refractivity contribution in [3.63, 3.8) is 0 Å². The van der Waals surface area contributed by atoms with Crippen LogP contribution in [0.3, 0.4) is 0 Å². The molecule has 0 spiro atoms. The van der Waals surface area contributed by atoms with E-state index in [2.05, 4.69) is 13.8 Å². The standard InChI is InChI=1S/C28H58O4S/c1-3-5-7-9-11-13-15-17-19-21-23-25-27-31-33(29,30)32-28-26-24-22-20-18-16-14-12-10-8-6-4-2/h3-28H2,1-2H3. The van der Waals surface area contributed by atoms with E-state index in [1.807, 2.05) is 0 Å². The van der Waals surface area contributed by atoms with E-state index in [1.54, 1.807) is 0 Å². The molecule has 0 N–H and O–H groups in total. The minimum Gasteiger partial charge on any atom is -0.248 e. The van der Waals surface area contributed by atoms with Crippen LogP contribution in [0, 0.1) is 0 Å². The first kappa shape index (κ1) is 32.9. The summed E-state index contributed by atoms with van der Waals surface area (Å²) >= 11 is 0. The molecule has 4 nitrogen and oxygen atoms in total. The smallest absolute Gasteiger partial charge is 0.248 e. The first-order valence-corrected chi connectivity index (χ1v) is 16.0. The fraction of sp³-hybridized carbons (Fsp3) is 1.00. The van der Waals surface area contributed by atoms with E-state index in [4.69, 9.17) is 8.37 Å². The lowest BCUT2D eigenvalue weighted by atomic mass is 10.1. The molecule has 0 aliphatic heterocycles. The van der Waals surface area contributed by atoms with E-state index in [0.29, 0.717) is 0 Å². The van der Waals surface area contributed by atoms with Crippen molar-refractivity contribution < 1.29 is 16.8 Å². The summed E-state index contributed by atoms with van der Waals surface area (Å²) in [4.78, 5) is 0. The van der Waals surface area contributed by atoms with Crippen LogP contribution >= 0.6 is 0 Å². The van der Waals surface area contributed by atoms with Gasteiger partial charge in [0.05, 0.1) is 13.2 Å². The molecule has 0 aromatic rings. The van der Waals surface area contributed by atoms with E-state index >= 15 is 0 Å². The van der Waals surface area contributed by atoms with Gasteiger partial charge < -0.3 is 0 Å². The molecule has 0 aliphatic carbocycles. The molecule has 0 heterocycles. The largest absolute Gasteiger partial charge is 0.399 e. The second kappa shape index (κ2) is 26.5. The third-order valence-corrected chi connectivity index (χ3v) is 7.36. The number of rotatable bonds is 28. The molecule has 0 aromatic heterocycles. The zero-order valence-electron chi connectivity index (χ0n) is 22.4. The minimum atomic E-state index is -3.81. The molecule has 0 saturated heterocycles. The summed E-state index contributed by atoms with van der Waals surface area (Å²) in [6.07, 6.45) is 30.2. The van der Waals surface area contributed by atoms with Gasteiger partial charge in [-0.25, -0.2) is 8.37 Å². The Morgan fingerprint density at radius 2 is 0.576 bits per heavy atom. The van der Waals surface area contributed by atoms with Gasteiger partial charge >= 0.3 is 10.4 Å². The van der Waals surface area contributed by atoms with E-state index < -0.39 is 10.4 Å². The third kappa shape index (κ3) is 28.0. The fourth-order valence-electron chi connectivity index (χ4n) is 4.24. The van der Waals surface area contributed by atoms with Gasteiger partial charge in [-0.05, 0) is 12.8 Å². The van der Waals surface area contributed by atoms with Crippen LogP contribution in [0.2, 0.25) is 0 Å². The van der Waals surface area contributed by atoms with Crippen LogP contribution in [-0.4, -0.2) is 21.6 Å². The molecule has 0 aromatic carbocycles. The molecular formula is C28H58O4S. The van der Waals surface area contributed by atoms with Crippen molar-refractivity contribution in [2.75, 3.05) is 13.2 Å². The molecule has 0 fully saturated rings. The third-order valence-electron chi connectivity index (χ3n) is 6.45. The van der Waals surface area contributed by atoms with Gasteiger partial charge in [0.25, 0.3) is 0 Å². The van der Waals surface area contributed by atoms with Crippen molar-refractivity contribution in [2.45, 2.75) is 168 Å². The normalized spacial score (nSPS) is 11.9. The molecule has 0 aliphatic rings. The molecule has 33 heavy (non-hydrogen) atoms. The average molecular weight is 491 g/mol. The van der Waals surface area contributed by atoms with Gasteiger partial charge in [0.1, 0.15) is 0 Å². The SMILES string of the molecule is CCCCCCCCCCCCCCOS(=O)(=O)OCCCCCCCCCCCCCC. The van der Waals surface area contributed by atoms with Crippen LogP contribution in [-0.2, 0) is 18.8 Å². The maximum atomic E-state index is 11.8. The van der Waals surface area contributed by atoms with Crippen LogP contribution in [0.5, 0.6) is 0 Å². The summed E-state index contributed by atoms with van der Waals surface area (Å²) in [5.41, 5.74) is 0. The molecule has 0 unspecified atom stereocenters. The molecule has 0 rings (SSSR count). The fourth-order valence-corrected chi connectivity index (χ4v) is 4.95. The van der Waals surface area contributed by atoms with E-state index in [0.717, 1.165) is 25.7 Å². The highest BCUT2D eigenvalue weighted by Crippen LogP contribution is 2.13. The zero-order chi connectivity index (χ0) is 24.3. The molecule has 0 saturated carbocycles. The van der Waals surface area contributed by atoms with Crippen molar-refractivity contribution in [3.05, 3.63) is 0 Å². The Kier molecular flexibility index (Phi) is 26.4. The molecule has 0 amide bonds. The van der Waals surface area contributed by atoms with E-state index in [9.17, 15) is 8.42 Å². The van der Waals surface area contributed by atoms with Crippen molar-refractivity contribution in [1.82, 2.24) is 0 Å². The first-order chi connectivity index (χ1) is 16.1. The Labute approximate surface area is 208 Å². The lowest BCUT2D eigenvalue weighted by Crippen LogP contribution is -2.12. The van der Waals surface area contributed by atoms with Crippen LogP contribution in [0.25, 0.3) is 0 Å². The van der Waals surface area contributed by atoms with Crippen LogP contribution in [0.15, 0.2) is 0 Å². The number of hydrogen-bond acceptors (Lipinski definition) is 4. The van der Waals surface area contributed by atoms with Gasteiger partial charge in [-0.15, -0.1) is 0 Å². The lowest BCUT2D eigenvalue weighted by Gasteiger charge is -2.06. The molecule has 0 atom stereocenters. The van der Waals surface area contributed by atoms with Crippen LogP contribution < -0.4 is 0 Å². The highest BCUT2D eigenvalue weighted by atomic mass is 32.3. The number of unbranched alkanes of at least 4 members (excludes halogenated alkanes) is 22. The van der Waals surface area contributed by atoms with Crippen LogP contribution in [0.4, 0.5) is 0 Å². The Morgan fingerprint density at radius 3 is 0.818 bits per heavy atom. The molecule has 0 bridgehead atoms. The zero-order valence-corrected chi connectivity index (χ0v) is 23.2. The maximum absolute atomic E-state index is 11.8. The van der Waals surface area contributed by atoms with Crippen molar-refractivity contribution in [2.24, 2.45) is 0 Å². The summed E-state index contributed by atoms with van der Waals surface area (Å²) in [5.74, 6) is 0. The Balaban J connectivity index is 3.30. The predicted molar refractivity (Wildman–Crippen MR) is 143 cm³/mol. The van der Waals surface area contributed by atoms with Crippen molar-refractivity contribution >= 4 is 10.4 Å². The summed E-state index contributed by atoms with van der Waals surface area (Å²) in [7, 11) is -3.81. The van der Waals surface area contributed by atoms with Gasteiger partial charge in [0.2, 0.25) is 0 Å². The Morgan fingerprint density at radius 1 is 0.364 bits per heavy atom. The molecule has 5 heteroatoms. The maximum Gasteiger partial charge on any atom is 0.399 e. The van der Waals surface area contributed by atoms with E-state index in [1.165, 1.54) is 128 Å². The molecule has 0 radical (unpaired) electrons. The van der Waals surface area contributed by atoms with Gasteiger partial charge in [-0.2, -0.15) is 8.42 Å². The summed E-state index contributed by atoms with van der Waals surface area (Å²) < 4.78 is 33.5. The number of hydrogen-bond donors (Lipinski definition) is 0. The highest BCUT2D eigenvalue weighted by Gasteiger charge is 2.11. The van der Waals surface area contributed by atoms with Gasteiger partial charge in [-0.1, -0.05) is 155 Å². The van der Waals surface area contributed by atoms with Crippen LogP contribution in [0.1, 0.15) is 168 Å². The van der Waals surface area contributed by atoms with Crippen molar-refractivity contribution in [1.29, 1.82) is 0 Å². The highest BCUT2D eigenvalue weighted by molar-refractivity contribution is 7.81. The molecule has 200 valence electrons. The van der Waals surface area contributed by atoms with E-state index in [-0.39, 0.29) is 13.2 Å². The monoisotopic (exact) mass is 490 g/mol. The van der Waals surface area contributed by atoms with Gasteiger partial charge in [0.15, 0.2) is 0 Å². The second-order valence-electron chi connectivity index (χ2n) is 9.83. The summed E-state index contributed by atoms with van der Waals surface area (Å²) in [6, 6.07) is 0. The molecular weight excluding hydrogens is 432 g/mol. The van der Waals surface area contributed by atoms with Gasteiger partial charge in [-0.3, -0.25) is 0 Å². The Hall–Kier alpha value is -0.130. The lowest BCUT2D eigenvalue weighted by molar-refractivity contribution is 0.208. The van der Waals surface area contributed by atoms with Crippen molar-refractivity contribution in [3.8, 4) is 0 Å². The summed E-state index contributed by atoms with van der Waals surface area (Å²) in [5, 5.41) is 0. The first-order valence-electron chi connectivity index (χ1n) is 14.7. The van der Waals surface area contributed by atoms with Gasteiger partial charge in [0, 0.05) is 0 Å². The predicted octanol–water partition coefficient (Wildman–Crippen LogP) is 9.67. The summed E-state index contributed by atoms with van der Waals surface area (Å²) in [6.45, 7) is 5.01. The Bertz CT molecular complexity index is 429.